The van der Waals surface area contributed by atoms with Crippen molar-refractivity contribution in [1.29, 1.82) is 0 Å². The zero-order valence-corrected chi connectivity index (χ0v) is 14.7. The largest absolute Gasteiger partial charge is 0.465 e. The molecule has 0 fully saturated rings. The number of H-pyrrole nitrogens is 1. The molecule has 0 aliphatic carbocycles. The van der Waals surface area contributed by atoms with E-state index in [-0.39, 0.29) is 21.7 Å². The van der Waals surface area contributed by atoms with Gasteiger partial charge >= 0.3 is 5.97 Å². The number of carbonyl (C=O) groups is 2. The summed E-state index contributed by atoms with van der Waals surface area (Å²) in [6, 6.07) is 4.62. The predicted molar refractivity (Wildman–Crippen MR) is 88.8 cm³/mol. The molecule has 0 saturated heterocycles. The first-order chi connectivity index (χ1) is 10.8. The number of hydrogen-bond donors (Lipinski definition) is 1. The molecule has 0 bridgehead atoms. The second-order valence-corrected chi connectivity index (χ2v) is 6.83. The van der Waals surface area contributed by atoms with Crippen molar-refractivity contribution in [2.24, 2.45) is 0 Å². The minimum absolute atomic E-state index is 0.189. The summed E-state index contributed by atoms with van der Waals surface area (Å²) in [6.07, 6.45) is 1.52. The van der Waals surface area contributed by atoms with Crippen LogP contribution in [0.15, 0.2) is 23.1 Å². The number of benzene rings is 1. The van der Waals surface area contributed by atoms with Gasteiger partial charge in [-0.3, -0.25) is 9.00 Å². The lowest BCUT2D eigenvalue weighted by atomic mass is 9.99. The molecule has 0 radical (unpaired) electrons. The molecule has 1 aromatic heterocycles. The molecule has 0 aliphatic heterocycles. The van der Waals surface area contributed by atoms with Crippen LogP contribution in [-0.2, 0) is 15.5 Å². The van der Waals surface area contributed by atoms with Gasteiger partial charge in [-0.25, -0.2) is 4.79 Å². The maximum atomic E-state index is 12.9. The van der Waals surface area contributed by atoms with Crippen molar-refractivity contribution in [3.05, 3.63) is 51.3 Å². The van der Waals surface area contributed by atoms with Crippen molar-refractivity contribution in [3.63, 3.8) is 0 Å². The van der Waals surface area contributed by atoms with Gasteiger partial charge in [0.05, 0.1) is 23.3 Å². The number of halogens is 1. The Hall–Kier alpha value is -1.92. The summed E-state index contributed by atoms with van der Waals surface area (Å²) in [6.45, 7) is 3.39. The summed E-state index contributed by atoms with van der Waals surface area (Å²) >= 11 is 6.12. The molecule has 2 aromatic rings. The lowest BCUT2D eigenvalue weighted by molar-refractivity contribution is 0.0597. The molecule has 5 nitrogen and oxygen atoms in total. The van der Waals surface area contributed by atoms with Crippen LogP contribution in [0.3, 0.4) is 0 Å². The first-order valence-corrected chi connectivity index (χ1v) is 8.66. The van der Waals surface area contributed by atoms with E-state index in [0.29, 0.717) is 16.3 Å². The molecule has 7 heteroatoms. The molecule has 1 heterocycles. The summed E-state index contributed by atoms with van der Waals surface area (Å²) < 4.78 is 16.4. The molecule has 1 N–H and O–H groups in total. The van der Waals surface area contributed by atoms with Gasteiger partial charge in [0.1, 0.15) is 0 Å². The first kappa shape index (κ1) is 17.4. The highest BCUT2D eigenvalue weighted by molar-refractivity contribution is 7.84. The highest BCUT2D eigenvalue weighted by atomic mass is 35.5. The van der Waals surface area contributed by atoms with Gasteiger partial charge in [-0.15, -0.1) is 0 Å². The molecular weight excluding hydrogens is 338 g/mol. The Labute approximate surface area is 141 Å². The van der Waals surface area contributed by atoms with Crippen LogP contribution in [0.25, 0.3) is 0 Å². The SMILES string of the molecule is COC(=O)c1c(C)[nH]c(C)c1C(=O)c1cc(S(C)=O)ccc1Cl. The minimum Gasteiger partial charge on any atom is -0.465 e. The van der Waals surface area contributed by atoms with Crippen LogP contribution in [0, 0.1) is 13.8 Å². The van der Waals surface area contributed by atoms with Crippen LogP contribution in [0.2, 0.25) is 5.02 Å². The third kappa shape index (κ3) is 3.23. The monoisotopic (exact) mass is 353 g/mol. The zero-order valence-electron chi connectivity index (χ0n) is 13.2. The average molecular weight is 354 g/mol. The Morgan fingerprint density at radius 1 is 1.17 bits per heavy atom. The second-order valence-electron chi connectivity index (χ2n) is 5.04. The van der Waals surface area contributed by atoms with E-state index in [1.165, 1.54) is 25.5 Å². The lowest BCUT2D eigenvalue weighted by Crippen LogP contribution is -2.12. The van der Waals surface area contributed by atoms with E-state index in [1.54, 1.807) is 19.9 Å². The fraction of sp³-hybridized carbons (Fsp3) is 0.250. The van der Waals surface area contributed by atoms with Crippen molar-refractivity contribution >= 4 is 34.2 Å². The van der Waals surface area contributed by atoms with Crippen molar-refractivity contribution in [2.45, 2.75) is 18.7 Å². The summed E-state index contributed by atoms with van der Waals surface area (Å²) in [5, 5.41) is 0.235. The molecule has 1 unspecified atom stereocenters. The Balaban J connectivity index is 2.65. The van der Waals surface area contributed by atoms with E-state index >= 15 is 0 Å². The standard InChI is InChI=1S/C16H16ClNO4S/c1-8-13(14(9(2)18-8)16(20)22-3)15(19)11-7-10(23(4)21)5-6-12(11)17/h5-7,18H,1-4H3. The fourth-order valence-electron chi connectivity index (χ4n) is 2.41. The van der Waals surface area contributed by atoms with Crippen LogP contribution >= 0.6 is 11.6 Å². The fourth-order valence-corrected chi connectivity index (χ4v) is 3.16. The van der Waals surface area contributed by atoms with Crippen molar-refractivity contribution in [1.82, 2.24) is 4.98 Å². The van der Waals surface area contributed by atoms with Crippen molar-refractivity contribution < 1.29 is 18.5 Å². The minimum atomic E-state index is -1.25. The Bertz CT molecular complexity index is 826. The van der Waals surface area contributed by atoms with Gasteiger partial charge in [0.15, 0.2) is 5.78 Å². The molecule has 0 saturated carbocycles. The van der Waals surface area contributed by atoms with Gasteiger partial charge in [0.2, 0.25) is 0 Å². The molecule has 122 valence electrons. The van der Waals surface area contributed by atoms with Gasteiger partial charge in [-0.1, -0.05) is 11.6 Å². The first-order valence-electron chi connectivity index (χ1n) is 6.73. The molecule has 1 aromatic carbocycles. The number of methoxy groups -OCH3 is 1. The van der Waals surface area contributed by atoms with Gasteiger partial charge in [0, 0.05) is 38.9 Å². The maximum absolute atomic E-state index is 12.9. The molecule has 2 rings (SSSR count). The third-order valence-corrected chi connectivity index (χ3v) is 4.75. The van der Waals surface area contributed by atoms with E-state index in [0.717, 1.165) is 0 Å². The van der Waals surface area contributed by atoms with E-state index in [4.69, 9.17) is 16.3 Å². The van der Waals surface area contributed by atoms with E-state index in [9.17, 15) is 13.8 Å². The van der Waals surface area contributed by atoms with Crippen LogP contribution in [0.5, 0.6) is 0 Å². The number of rotatable bonds is 4. The normalized spacial score (nSPS) is 12.0. The number of ether oxygens (including phenoxy) is 1. The highest BCUT2D eigenvalue weighted by Crippen LogP contribution is 2.27. The molecule has 1 atom stereocenters. The summed E-state index contributed by atoms with van der Waals surface area (Å²) in [5.41, 5.74) is 1.70. The smallest absolute Gasteiger partial charge is 0.340 e. The summed E-state index contributed by atoms with van der Waals surface area (Å²) in [7, 11) is 0.00952. The molecule has 0 spiro atoms. The molecule has 0 aliphatic rings. The Kier molecular flexibility index (Phi) is 5.06. The number of nitrogens with one attached hydrogen (secondary N) is 1. The topological polar surface area (TPSA) is 76.2 Å². The maximum Gasteiger partial charge on any atom is 0.340 e. The van der Waals surface area contributed by atoms with E-state index in [2.05, 4.69) is 4.98 Å². The Morgan fingerprint density at radius 2 is 1.78 bits per heavy atom. The third-order valence-electron chi connectivity index (χ3n) is 3.51. The summed E-state index contributed by atoms with van der Waals surface area (Å²) in [5.74, 6) is -1.01. The van der Waals surface area contributed by atoms with Crippen molar-refractivity contribution in [3.8, 4) is 0 Å². The number of aromatic nitrogens is 1. The summed E-state index contributed by atoms with van der Waals surface area (Å²) in [4.78, 5) is 28.4. The second kappa shape index (κ2) is 6.68. The van der Waals surface area contributed by atoms with Gasteiger partial charge < -0.3 is 9.72 Å². The van der Waals surface area contributed by atoms with E-state index in [1.807, 2.05) is 0 Å². The van der Waals surface area contributed by atoms with Gasteiger partial charge in [-0.05, 0) is 32.0 Å². The number of carbonyl (C=O) groups excluding carboxylic acids is 2. The van der Waals surface area contributed by atoms with Gasteiger partial charge in [-0.2, -0.15) is 0 Å². The Morgan fingerprint density at radius 3 is 2.35 bits per heavy atom. The average Bonchev–Trinajstić information content (AvgIpc) is 2.80. The predicted octanol–water partition coefficient (Wildman–Crippen LogP) is 3.04. The molecular formula is C16H16ClNO4S. The number of ketones is 1. The number of esters is 1. The quantitative estimate of drug-likeness (QED) is 0.677. The molecule has 0 amide bonds. The van der Waals surface area contributed by atoms with Crippen LogP contribution < -0.4 is 0 Å². The van der Waals surface area contributed by atoms with Crippen LogP contribution in [-0.4, -0.2) is 34.3 Å². The zero-order chi connectivity index (χ0) is 17.3. The number of aromatic amines is 1. The van der Waals surface area contributed by atoms with E-state index < -0.39 is 22.6 Å². The van der Waals surface area contributed by atoms with Crippen molar-refractivity contribution in [2.75, 3.05) is 13.4 Å². The number of hydrogen-bond acceptors (Lipinski definition) is 4. The van der Waals surface area contributed by atoms with Gasteiger partial charge in [0.25, 0.3) is 0 Å². The molecule has 23 heavy (non-hydrogen) atoms. The highest BCUT2D eigenvalue weighted by Gasteiger charge is 2.27. The number of aryl methyl sites for hydroxylation is 2. The lowest BCUT2D eigenvalue weighted by Gasteiger charge is -2.08. The van der Waals surface area contributed by atoms with Crippen LogP contribution in [0.1, 0.15) is 37.7 Å². The van der Waals surface area contributed by atoms with Crippen LogP contribution in [0.4, 0.5) is 0 Å².